The lowest BCUT2D eigenvalue weighted by atomic mass is 10.3. The molecule has 1 aromatic carbocycles. The highest BCUT2D eigenvalue weighted by Crippen LogP contribution is 2.16. The predicted octanol–water partition coefficient (Wildman–Crippen LogP) is 2.88. The van der Waals surface area contributed by atoms with E-state index in [-0.39, 0.29) is 11.6 Å². The first-order chi connectivity index (χ1) is 10.1. The van der Waals surface area contributed by atoms with Gasteiger partial charge >= 0.3 is 0 Å². The third kappa shape index (κ3) is 4.05. The van der Waals surface area contributed by atoms with Crippen molar-refractivity contribution < 1.29 is 8.78 Å². The van der Waals surface area contributed by atoms with Gasteiger partial charge in [0.25, 0.3) is 0 Å². The molecule has 0 spiro atoms. The van der Waals surface area contributed by atoms with E-state index < -0.39 is 11.6 Å². The molecular weight excluding hydrogens is 274 g/mol. The Morgan fingerprint density at radius 2 is 1.90 bits per heavy atom. The fourth-order valence-electron chi connectivity index (χ4n) is 1.94. The number of para-hydroxylation sites is 1. The van der Waals surface area contributed by atoms with E-state index in [2.05, 4.69) is 15.2 Å². The molecule has 2 aromatic rings. The van der Waals surface area contributed by atoms with Gasteiger partial charge in [-0.3, -0.25) is 0 Å². The molecule has 0 atom stereocenters. The maximum Gasteiger partial charge on any atom is 0.168 e. The molecule has 0 saturated carbocycles. The van der Waals surface area contributed by atoms with E-state index in [1.54, 1.807) is 0 Å². The first-order valence-electron chi connectivity index (χ1n) is 6.69. The Labute approximate surface area is 122 Å². The normalized spacial score (nSPS) is 10.4. The lowest BCUT2D eigenvalue weighted by Gasteiger charge is -2.19. The monoisotopic (exact) mass is 292 g/mol. The molecule has 21 heavy (non-hydrogen) atoms. The van der Waals surface area contributed by atoms with Crippen molar-refractivity contribution in [1.29, 1.82) is 0 Å². The van der Waals surface area contributed by atoms with Crippen molar-refractivity contribution in [2.24, 2.45) is 0 Å². The SMILES string of the molecule is CN(CCCNc1nc(N)c(F)cc1F)c1ccccc1. The first kappa shape index (κ1) is 15.0. The van der Waals surface area contributed by atoms with E-state index in [4.69, 9.17) is 5.73 Å². The molecule has 0 unspecified atom stereocenters. The van der Waals surface area contributed by atoms with Gasteiger partial charge in [0, 0.05) is 31.9 Å². The Kier molecular flexibility index (Phi) is 4.92. The second-order valence-corrected chi connectivity index (χ2v) is 4.72. The van der Waals surface area contributed by atoms with Gasteiger partial charge < -0.3 is 16.0 Å². The predicted molar refractivity (Wildman–Crippen MR) is 81.4 cm³/mol. The number of anilines is 3. The summed E-state index contributed by atoms with van der Waals surface area (Å²) in [5, 5.41) is 2.83. The van der Waals surface area contributed by atoms with Crippen LogP contribution in [-0.2, 0) is 0 Å². The highest BCUT2D eigenvalue weighted by atomic mass is 19.1. The minimum Gasteiger partial charge on any atom is -0.381 e. The summed E-state index contributed by atoms with van der Waals surface area (Å²) < 4.78 is 26.4. The molecule has 0 radical (unpaired) electrons. The summed E-state index contributed by atoms with van der Waals surface area (Å²) in [6.45, 7) is 1.32. The summed E-state index contributed by atoms with van der Waals surface area (Å²) in [6, 6.07) is 10.7. The molecule has 0 fully saturated rings. The quantitative estimate of drug-likeness (QED) is 0.804. The highest BCUT2D eigenvalue weighted by Gasteiger charge is 2.09. The minimum absolute atomic E-state index is 0.0173. The third-order valence-electron chi connectivity index (χ3n) is 3.12. The number of benzene rings is 1. The number of pyridine rings is 1. The van der Waals surface area contributed by atoms with Crippen molar-refractivity contribution in [2.75, 3.05) is 36.1 Å². The van der Waals surface area contributed by atoms with Crippen molar-refractivity contribution in [2.45, 2.75) is 6.42 Å². The fraction of sp³-hybridized carbons (Fsp3) is 0.267. The first-order valence-corrected chi connectivity index (χ1v) is 6.69. The van der Waals surface area contributed by atoms with Gasteiger partial charge in [-0.15, -0.1) is 0 Å². The number of aromatic nitrogens is 1. The van der Waals surface area contributed by atoms with Crippen molar-refractivity contribution >= 4 is 17.3 Å². The zero-order valence-electron chi connectivity index (χ0n) is 11.8. The number of hydrogen-bond donors (Lipinski definition) is 2. The second kappa shape index (κ2) is 6.88. The summed E-state index contributed by atoms with van der Waals surface area (Å²) >= 11 is 0. The van der Waals surface area contributed by atoms with Crippen LogP contribution < -0.4 is 16.0 Å². The molecule has 6 heteroatoms. The standard InChI is InChI=1S/C15H18F2N4/c1-21(11-6-3-2-4-7-11)9-5-8-19-15-13(17)10-12(16)14(18)20-15/h2-4,6-7,10H,5,8-9H2,1H3,(H3,18,19,20). The molecule has 0 amide bonds. The zero-order chi connectivity index (χ0) is 15.2. The van der Waals surface area contributed by atoms with Crippen molar-refractivity contribution in [3.8, 4) is 0 Å². The lowest BCUT2D eigenvalue weighted by molar-refractivity contribution is 0.579. The van der Waals surface area contributed by atoms with E-state index in [1.807, 2.05) is 37.4 Å². The molecule has 0 aliphatic carbocycles. The molecular formula is C15H18F2N4. The third-order valence-corrected chi connectivity index (χ3v) is 3.12. The van der Waals surface area contributed by atoms with Gasteiger partial charge in [0.2, 0.25) is 0 Å². The maximum absolute atomic E-state index is 13.5. The molecule has 4 nitrogen and oxygen atoms in total. The second-order valence-electron chi connectivity index (χ2n) is 4.72. The topological polar surface area (TPSA) is 54.2 Å². The van der Waals surface area contributed by atoms with Gasteiger partial charge in [-0.2, -0.15) is 0 Å². The summed E-state index contributed by atoms with van der Waals surface area (Å²) in [5.41, 5.74) is 6.44. The number of hydrogen-bond acceptors (Lipinski definition) is 4. The number of nitrogens with one attached hydrogen (secondary N) is 1. The van der Waals surface area contributed by atoms with Crippen LogP contribution in [0.3, 0.4) is 0 Å². The van der Waals surface area contributed by atoms with Crippen LogP contribution in [-0.4, -0.2) is 25.1 Å². The van der Waals surface area contributed by atoms with Crippen LogP contribution in [0.1, 0.15) is 6.42 Å². The van der Waals surface area contributed by atoms with Crippen molar-refractivity contribution in [3.05, 3.63) is 48.0 Å². The van der Waals surface area contributed by atoms with Crippen LogP contribution >= 0.6 is 0 Å². The van der Waals surface area contributed by atoms with Gasteiger partial charge in [-0.25, -0.2) is 13.8 Å². The molecule has 0 bridgehead atoms. The highest BCUT2D eigenvalue weighted by molar-refractivity contribution is 5.46. The van der Waals surface area contributed by atoms with Crippen LogP contribution in [0.25, 0.3) is 0 Å². The smallest absolute Gasteiger partial charge is 0.168 e. The van der Waals surface area contributed by atoms with E-state index in [0.29, 0.717) is 6.54 Å². The van der Waals surface area contributed by atoms with Gasteiger partial charge in [-0.05, 0) is 18.6 Å². The minimum atomic E-state index is -0.845. The molecule has 1 aromatic heterocycles. The van der Waals surface area contributed by atoms with Gasteiger partial charge in [0.1, 0.15) is 0 Å². The Hall–Kier alpha value is -2.37. The largest absolute Gasteiger partial charge is 0.381 e. The fourth-order valence-corrected chi connectivity index (χ4v) is 1.94. The molecule has 1 heterocycles. The van der Waals surface area contributed by atoms with Gasteiger partial charge in [0.05, 0.1) is 0 Å². The van der Waals surface area contributed by atoms with Crippen LogP contribution in [0, 0.1) is 11.6 Å². The van der Waals surface area contributed by atoms with Crippen LogP contribution in [0.5, 0.6) is 0 Å². The van der Waals surface area contributed by atoms with E-state index in [0.717, 1.165) is 24.7 Å². The van der Waals surface area contributed by atoms with Crippen molar-refractivity contribution in [3.63, 3.8) is 0 Å². The van der Waals surface area contributed by atoms with Crippen LogP contribution in [0.15, 0.2) is 36.4 Å². The average Bonchev–Trinajstić information content (AvgIpc) is 2.49. The van der Waals surface area contributed by atoms with E-state index >= 15 is 0 Å². The van der Waals surface area contributed by atoms with E-state index in [9.17, 15) is 8.78 Å². The van der Waals surface area contributed by atoms with Crippen molar-refractivity contribution in [1.82, 2.24) is 4.98 Å². The number of nitrogen functional groups attached to an aromatic ring is 1. The summed E-state index contributed by atoms with van der Waals surface area (Å²) in [6.07, 6.45) is 0.782. The molecule has 3 N–H and O–H groups in total. The summed E-state index contributed by atoms with van der Waals surface area (Å²) in [4.78, 5) is 5.75. The van der Waals surface area contributed by atoms with E-state index in [1.165, 1.54) is 0 Å². The zero-order valence-corrected chi connectivity index (χ0v) is 11.8. The molecule has 0 aliphatic heterocycles. The average molecular weight is 292 g/mol. The van der Waals surface area contributed by atoms with Gasteiger partial charge in [-0.1, -0.05) is 18.2 Å². The lowest BCUT2D eigenvalue weighted by Crippen LogP contribution is -2.21. The van der Waals surface area contributed by atoms with Gasteiger partial charge in [0.15, 0.2) is 23.3 Å². The van der Waals surface area contributed by atoms with Crippen LogP contribution in [0.4, 0.5) is 26.1 Å². The number of halogens is 2. The number of nitrogens with zero attached hydrogens (tertiary/aromatic N) is 2. The molecule has 0 aliphatic rings. The molecule has 2 rings (SSSR count). The Bertz CT molecular complexity index is 590. The Morgan fingerprint density at radius 3 is 2.62 bits per heavy atom. The maximum atomic E-state index is 13.5. The number of rotatable bonds is 6. The molecule has 112 valence electrons. The Morgan fingerprint density at radius 1 is 1.19 bits per heavy atom. The number of nitrogens with two attached hydrogens (primary N) is 1. The summed E-state index contributed by atoms with van der Waals surface area (Å²) in [5.74, 6) is -1.91. The molecule has 0 saturated heterocycles. The Balaban J connectivity index is 1.81. The van der Waals surface area contributed by atoms with Crippen LogP contribution in [0.2, 0.25) is 0 Å². The summed E-state index contributed by atoms with van der Waals surface area (Å²) in [7, 11) is 1.99.